The Labute approximate surface area is 331 Å². The number of nitrogens with zero attached hydrogens (tertiary/aromatic N) is 3. The minimum absolute atomic E-state index is 0.0399. The Morgan fingerprint density at radius 1 is 1.02 bits per heavy atom. The molecule has 14 heteroatoms. The number of amides is 4. The van der Waals surface area contributed by atoms with E-state index in [1.807, 2.05) is 27.7 Å². The molecule has 2 saturated heterocycles. The molecule has 2 heterocycles. The number of nitrogen functional groups attached to an aromatic ring is 1. The maximum Gasteiger partial charge on any atom is 0.328 e. The van der Waals surface area contributed by atoms with Crippen LogP contribution in [0.2, 0.25) is 0 Å². The van der Waals surface area contributed by atoms with Crippen LogP contribution in [0.5, 0.6) is 0 Å². The van der Waals surface area contributed by atoms with E-state index < -0.39 is 65.6 Å². The van der Waals surface area contributed by atoms with Crippen LogP contribution < -0.4 is 16.4 Å². The maximum atomic E-state index is 14.3. The summed E-state index contributed by atoms with van der Waals surface area (Å²) in [4.78, 5) is 73.8. The molecule has 14 nitrogen and oxygen atoms in total. The number of rotatable bonds is 19. The highest BCUT2D eigenvalue weighted by molar-refractivity contribution is 5.92. The number of hydrogen-bond donors (Lipinski definition) is 3. The summed E-state index contributed by atoms with van der Waals surface area (Å²) in [7, 11) is 5.86. The van der Waals surface area contributed by atoms with Gasteiger partial charge in [0.05, 0.1) is 49.3 Å². The van der Waals surface area contributed by atoms with Gasteiger partial charge in [0.15, 0.2) is 0 Å². The number of nitrogens with two attached hydrogens (primary N) is 1. The van der Waals surface area contributed by atoms with Gasteiger partial charge in [0, 0.05) is 42.7 Å². The minimum Gasteiger partial charge on any atom is -0.467 e. The molecule has 0 unspecified atom stereocenters. The van der Waals surface area contributed by atoms with Crippen molar-refractivity contribution in [2.45, 2.75) is 128 Å². The lowest BCUT2D eigenvalue weighted by Crippen LogP contribution is -2.61. The van der Waals surface area contributed by atoms with Crippen molar-refractivity contribution in [1.82, 2.24) is 25.3 Å². The summed E-state index contributed by atoms with van der Waals surface area (Å²) < 4.78 is 33.1. The van der Waals surface area contributed by atoms with E-state index in [9.17, 15) is 24.0 Å². The lowest BCUT2D eigenvalue weighted by atomic mass is 9.89. The highest BCUT2D eigenvalue weighted by atomic mass is 16.5. The summed E-state index contributed by atoms with van der Waals surface area (Å²) >= 11 is 0. The van der Waals surface area contributed by atoms with E-state index in [2.05, 4.69) is 10.6 Å². The van der Waals surface area contributed by atoms with Gasteiger partial charge in [-0.3, -0.25) is 24.1 Å². The van der Waals surface area contributed by atoms with Crippen molar-refractivity contribution in [2.75, 3.05) is 54.2 Å². The molecule has 0 bridgehead atoms. The van der Waals surface area contributed by atoms with Crippen molar-refractivity contribution >= 4 is 35.3 Å². The second kappa shape index (κ2) is 20.4. The van der Waals surface area contributed by atoms with Gasteiger partial charge in [-0.2, -0.15) is 0 Å². The Bertz CT molecular complexity index is 1500. The van der Waals surface area contributed by atoms with Gasteiger partial charge in [-0.1, -0.05) is 53.2 Å². The standard InChI is InChI=1S/C41H68N6O8/c1-12-26(4)35(46(8)38(50)34(25(2)3)44-40(52)41(6)20-14-21-45(41)7)32(53-9)24-33(48)47-22-13-15-31(47)36(54-10)27(5)37(49)43-30(39(51)55-11)23-28-16-18-29(42)19-17-28/h16-19,25-27,30-32,34-36H,12-15,20-24,42H2,1-11H3,(H,43,49)(H,44,52)/t26-,27+,30-,31-,32+,34-,35-,36+,41-/m0/s1/i6D,7D. The fraction of sp³-hybridized carbons (Fsp3) is 0.732. The third kappa shape index (κ3) is 11.0. The van der Waals surface area contributed by atoms with Crippen molar-refractivity contribution in [1.29, 1.82) is 0 Å². The number of nitrogens with one attached hydrogen (secondary N) is 2. The van der Waals surface area contributed by atoms with E-state index in [0.29, 0.717) is 50.9 Å². The van der Waals surface area contributed by atoms with Crippen LogP contribution in [-0.4, -0.2) is 135 Å². The van der Waals surface area contributed by atoms with E-state index in [-0.39, 0.29) is 50.4 Å². The van der Waals surface area contributed by atoms with Gasteiger partial charge in [0.1, 0.15) is 12.1 Å². The van der Waals surface area contributed by atoms with Gasteiger partial charge in [-0.25, -0.2) is 4.79 Å². The molecule has 0 aromatic heterocycles. The van der Waals surface area contributed by atoms with Crippen LogP contribution >= 0.6 is 0 Å². The number of ether oxygens (including phenoxy) is 3. The summed E-state index contributed by atoms with van der Waals surface area (Å²) in [6, 6.07) is 4.20. The molecule has 4 N–H and O–H groups in total. The highest BCUT2D eigenvalue weighted by Crippen LogP contribution is 2.31. The molecular weight excluding hydrogens is 704 g/mol. The van der Waals surface area contributed by atoms with Crippen LogP contribution in [0.4, 0.5) is 5.69 Å². The van der Waals surface area contributed by atoms with E-state index in [0.717, 1.165) is 5.56 Å². The molecular formula is C41H68N6O8. The normalized spacial score (nSPS) is 23.1. The predicted octanol–water partition coefficient (Wildman–Crippen LogP) is 3.01. The molecule has 0 saturated carbocycles. The van der Waals surface area contributed by atoms with Crippen molar-refractivity contribution in [3.63, 3.8) is 0 Å². The monoisotopic (exact) mass is 775 g/mol. The van der Waals surface area contributed by atoms with Crippen molar-refractivity contribution in [3.8, 4) is 0 Å². The highest BCUT2D eigenvalue weighted by Gasteiger charge is 2.45. The Morgan fingerprint density at radius 2 is 1.71 bits per heavy atom. The number of anilines is 1. The minimum atomic E-state index is -1.16. The van der Waals surface area contributed by atoms with Crippen LogP contribution in [-0.2, 0) is 44.6 Å². The SMILES string of the molecule is [2H]CN1CCC[C@@]1(C[2H])C(=O)N[C@H](C(=O)N(C)[C@@H]([C@@H](C)CC)[C@@H](CC(=O)N1CCC[C@H]1[C@H](OC)[C@@H](C)C(=O)N[C@@H](Cc1ccc(N)cc1)C(=O)OC)OC)C(C)C. The molecule has 2 aliphatic rings. The number of likely N-dealkylation sites (N-methyl/N-ethyl adjacent to an activating group) is 2. The molecule has 1 aromatic rings. The first kappa shape index (κ1) is 42.4. The number of methoxy groups -OCH3 is 3. The number of esters is 1. The first-order valence-corrected chi connectivity index (χ1v) is 19.5. The largest absolute Gasteiger partial charge is 0.467 e. The van der Waals surface area contributed by atoms with Crippen molar-refractivity contribution < 1.29 is 40.9 Å². The van der Waals surface area contributed by atoms with E-state index in [1.54, 1.807) is 52.9 Å². The van der Waals surface area contributed by atoms with Crippen LogP contribution in [0.1, 0.15) is 88.3 Å². The average molecular weight is 775 g/mol. The van der Waals surface area contributed by atoms with Crippen molar-refractivity contribution in [2.24, 2.45) is 17.8 Å². The molecule has 3 rings (SSSR count). The Kier molecular flexibility index (Phi) is 15.7. The zero-order valence-corrected chi connectivity index (χ0v) is 34.5. The molecule has 4 amide bonds. The fourth-order valence-electron chi connectivity index (χ4n) is 8.03. The van der Waals surface area contributed by atoms with Crippen molar-refractivity contribution in [3.05, 3.63) is 29.8 Å². The van der Waals surface area contributed by atoms with E-state index in [4.69, 9.17) is 22.7 Å². The van der Waals surface area contributed by atoms with Crippen LogP contribution in [0, 0.1) is 17.8 Å². The molecule has 9 atom stereocenters. The zero-order chi connectivity index (χ0) is 42.6. The lowest BCUT2D eigenvalue weighted by molar-refractivity contribution is -0.149. The third-order valence-corrected chi connectivity index (χ3v) is 11.7. The molecule has 310 valence electrons. The first-order valence-electron chi connectivity index (χ1n) is 21.0. The second-order valence-corrected chi connectivity index (χ2v) is 15.7. The van der Waals surface area contributed by atoms with E-state index in [1.165, 1.54) is 21.3 Å². The average Bonchev–Trinajstić information content (AvgIpc) is 3.87. The molecule has 2 aliphatic heterocycles. The van der Waals surface area contributed by atoms with E-state index >= 15 is 0 Å². The third-order valence-electron chi connectivity index (χ3n) is 11.7. The molecule has 55 heavy (non-hydrogen) atoms. The molecule has 1 aromatic carbocycles. The van der Waals surface area contributed by atoms with Crippen LogP contribution in [0.3, 0.4) is 0 Å². The molecule has 2 fully saturated rings. The Balaban J connectivity index is 1.79. The molecule has 0 aliphatic carbocycles. The second-order valence-electron chi connectivity index (χ2n) is 15.7. The quantitative estimate of drug-likeness (QED) is 0.140. The van der Waals surface area contributed by atoms with Gasteiger partial charge in [-0.05, 0) is 75.7 Å². The number of benzene rings is 1. The molecule has 0 radical (unpaired) electrons. The number of carbonyl (C=O) groups excluding carboxylic acids is 5. The Hall–Kier alpha value is -3.75. The van der Waals surface area contributed by atoms with Crippen LogP contribution in [0.25, 0.3) is 0 Å². The topological polar surface area (TPSA) is 173 Å². The van der Waals surface area contributed by atoms with Gasteiger partial charge in [-0.15, -0.1) is 0 Å². The first-order chi connectivity index (χ1) is 27.0. The van der Waals surface area contributed by atoms with Gasteiger partial charge in [0.25, 0.3) is 0 Å². The predicted molar refractivity (Wildman–Crippen MR) is 212 cm³/mol. The Morgan fingerprint density at radius 3 is 2.27 bits per heavy atom. The number of likely N-dealkylation sites (tertiary alicyclic amines) is 2. The summed E-state index contributed by atoms with van der Waals surface area (Å²) in [5.41, 5.74) is 6.03. The summed E-state index contributed by atoms with van der Waals surface area (Å²) in [6.07, 6.45) is 1.91. The maximum absolute atomic E-state index is 14.3. The zero-order valence-electron chi connectivity index (χ0n) is 36.5. The van der Waals surface area contributed by atoms with Crippen LogP contribution in [0.15, 0.2) is 24.3 Å². The molecule has 0 spiro atoms. The number of hydrogen-bond acceptors (Lipinski definition) is 10. The fourth-order valence-corrected chi connectivity index (χ4v) is 8.03. The van der Waals surface area contributed by atoms with Gasteiger partial charge in [0.2, 0.25) is 23.6 Å². The summed E-state index contributed by atoms with van der Waals surface area (Å²) in [6.45, 7) is 10.2. The number of carbonyl (C=O) groups is 5. The summed E-state index contributed by atoms with van der Waals surface area (Å²) in [5, 5.41) is 5.80. The van der Waals surface area contributed by atoms with Gasteiger partial charge < -0.3 is 40.4 Å². The summed E-state index contributed by atoms with van der Waals surface area (Å²) in [5.74, 6) is -3.06. The van der Waals surface area contributed by atoms with Gasteiger partial charge >= 0.3 is 5.97 Å². The smallest absolute Gasteiger partial charge is 0.328 e. The lowest BCUT2D eigenvalue weighted by Gasteiger charge is -2.41.